The number of amides is 1. The molecule has 1 amide bonds. The first-order chi connectivity index (χ1) is 14.0. The second kappa shape index (κ2) is 9.15. The van der Waals surface area contributed by atoms with E-state index in [1.807, 2.05) is 50.2 Å². The third-order valence-electron chi connectivity index (χ3n) is 4.48. The lowest BCUT2D eigenvalue weighted by atomic mass is 10.1. The summed E-state index contributed by atoms with van der Waals surface area (Å²) in [6, 6.07) is 18.6. The number of carbonyl (C=O) groups is 1. The summed E-state index contributed by atoms with van der Waals surface area (Å²) in [5.41, 5.74) is 4.31. The fourth-order valence-corrected chi connectivity index (χ4v) is 3.12. The van der Waals surface area contributed by atoms with Crippen LogP contribution in [0.2, 0.25) is 0 Å². The number of methoxy groups -OCH3 is 2. The van der Waals surface area contributed by atoms with Gasteiger partial charge in [-0.15, -0.1) is 0 Å². The van der Waals surface area contributed by atoms with Gasteiger partial charge in [-0.3, -0.25) is 4.79 Å². The van der Waals surface area contributed by atoms with E-state index in [-0.39, 0.29) is 12.5 Å². The predicted octanol–water partition coefficient (Wildman–Crippen LogP) is 5.15. The fraction of sp³-hybridized carbons (Fsp3) is 0.208. The molecular formula is C24H25NO4. The summed E-state index contributed by atoms with van der Waals surface area (Å²) in [6.07, 6.45) is 0. The number of carbonyl (C=O) groups excluding carboxylic acids is 1. The van der Waals surface area contributed by atoms with E-state index in [1.54, 1.807) is 32.4 Å². The third kappa shape index (κ3) is 5.29. The maximum absolute atomic E-state index is 12.7. The molecular weight excluding hydrogens is 366 g/mol. The molecule has 0 unspecified atom stereocenters. The highest BCUT2D eigenvalue weighted by atomic mass is 16.5. The summed E-state index contributed by atoms with van der Waals surface area (Å²) >= 11 is 0. The number of hydrogen-bond acceptors (Lipinski definition) is 4. The second-order valence-electron chi connectivity index (χ2n) is 6.82. The molecule has 0 bridgehead atoms. The first-order valence-corrected chi connectivity index (χ1v) is 9.32. The van der Waals surface area contributed by atoms with Crippen LogP contribution < -0.4 is 19.5 Å². The van der Waals surface area contributed by atoms with Crippen molar-refractivity contribution in [3.05, 3.63) is 82.9 Å². The van der Waals surface area contributed by atoms with Crippen LogP contribution in [-0.4, -0.2) is 20.1 Å². The van der Waals surface area contributed by atoms with Gasteiger partial charge in [0.25, 0.3) is 5.91 Å². The highest BCUT2D eigenvalue weighted by Crippen LogP contribution is 2.24. The Morgan fingerprint density at radius 3 is 2.10 bits per heavy atom. The quantitative estimate of drug-likeness (QED) is 0.605. The zero-order valence-corrected chi connectivity index (χ0v) is 17.1. The van der Waals surface area contributed by atoms with Gasteiger partial charge >= 0.3 is 0 Å². The number of rotatable bonds is 7. The lowest BCUT2D eigenvalue weighted by Gasteiger charge is -2.13. The largest absolute Gasteiger partial charge is 0.497 e. The fourth-order valence-electron chi connectivity index (χ4n) is 3.12. The maximum Gasteiger partial charge on any atom is 0.255 e. The SMILES string of the molecule is COc1ccc(OCc2cc(C(=O)Nc3cc(C)cc(C)c3)ccc2OC)cc1. The molecule has 0 atom stereocenters. The van der Waals surface area contributed by atoms with Crippen LogP contribution in [0, 0.1) is 13.8 Å². The van der Waals surface area contributed by atoms with Crippen molar-refractivity contribution < 1.29 is 19.0 Å². The highest BCUT2D eigenvalue weighted by Gasteiger charge is 2.12. The smallest absolute Gasteiger partial charge is 0.255 e. The Morgan fingerprint density at radius 1 is 0.828 bits per heavy atom. The summed E-state index contributed by atoms with van der Waals surface area (Å²) < 4.78 is 16.4. The summed E-state index contributed by atoms with van der Waals surface area (Å²) in [7, 11) is 3.22. The van der Waals surface area contributed by atoms with Crippen molar-refractivity contribution in [2.45, 2.75) is 20.5 Å². The molecule has 0 fully saturated rings. The summed E-state index contributed by atoms with van der Waals surface area (Å²) in [5.74, 6) is 1.96. The van der Waals surface area contributed by atoms with Crippen LogP contribution in [0.25, 0.3) is 0 Å². The molecule has 3 aromatic rings. The normalized spacial score (nSPS) is 10.3. The van der Waals surface area contributed by atoms with Crippen molar-refractivity contribution in [1.82, 2.24) is 0 Å². The standard InChI is InChI=1S/C24H25NO4/c1-16-11-17(2)13-20(12-16)25-24(26)18-5-10-23(28-4)19(14-18)15-29-22-8-6-21(27-3)7-9-22/h5-14H,15H2,1-4H3,(H,25,26). The van der Waals surface area contributed by atoms with Crippen LogP contribution in [-0.2, 0) is 6.61 Å². The number of nitrogens with one attached hydrogen (secondary N) is 1. The Bertz CT molecular complexity index is 976. The molecule has 0 aromatic heterocycles. The summed E-state index contributed by atoms with van der Waals surface area (Å²) in [6.45, 7) is 4.29. The van der Waals surface area contributed by atoms with Crippen molar-refractivity contribution in [3.8, 4) is 17.2 Å². The molecule has 0 radical (unpaired) electrons. The molecule has 3 rings (SSSR count). The maximum atomic E-state index is 12.7. The Hall–Kier alpha value is -3.47. The average molecular weight is 391 g/mol. The Labute approximate surface area is 171 Å². The first-order valence-electron chi connectivity index (χ1n) is 9.32. The molecule has 5 nitrogen and oxygen atoms in total. The van der Waals surface area contributed by atoms with E-state index in [1.165, 1.54) is 0 Å². The molecule has 0 aliphatic carbocycles. The van der Waals surface area contributed by atoms with Crippen molar-refractivity contribution in [2.75, 3.05) is 19.5 Å². The lowest BCUT2D eigenvalue weighted by molar-refractivity contribution is 0.102. The van der Waals surface area contributed by atoms with E-state index >= 15 is 0 Å². The average Bonchev–Trinajstić information content (AvgIpc) is 2.71. The van der Waals surface area contributed by atoms with Gasteiger partial charge in [0.15, 0.2) is 0 Å². The van der Waals surface area contributed by atoms with Crippen LogP contribution in [0.1, 0.15) is 27.0 Å². The molecule has 0 spiro atoms. The van der Waals surface area contributed by atoms with Crippen molar-refractivity contribution in [1.29, 1.82) is 0 Å². The van der Waals surface area contributed by atoms with E-state index in [9.17, 15) is 4.79 Å². The first kappa shape index (κ1) is 20.3. The molecule has 0 aliphatic rings. The van der Waals surface area contributed by atoms with Crippen molar-refractivity contribution >= 4 is 11.6 Å². The molecule has 0 saturated carbocycles. The molecule has 0 aliphatic heterocycles. The van der Waals surface area contributed by atoms with E-state index in [0.29, 0.717) is 17.1 Å². The van der Waals surface area contributed by atoms with Gasteiger partial charge in [-0.1, -0.05) is 6.07 Å². The minimum atomic E-state index is -0.177. The second-order valence-corrected chi connectivity index (χ2v) is 6.82. The number of aryl methyl sites for hydroxylation is 2. The van der Waals surface area contributed by atoms with Crippen molar-refractivity contribution in [3.63, 3.8) is 0 Å². The zero-order chi connectivity index (χ0) is 20.8. The van der Waals surface area contributed by atoms with E-state index in [2.05, 4.69) is 11.4 Å². The highest BCUT2D eigenvalue weighted by molar-refractivity contribution is 6.04. The van der Waals surface area contributed by atoms with Gasteiger partial charge in [0.2, 0.25) is 0 Å². The Morgan fingerprint density at radius 2 is 1.48 bits per heavy atom. The van der Waals surface area contributed by atoms with E-state index in [0.717, 1.165) is 28.1 Å². The monoisotopic (exact) mass is 391 g/mol. The van der Waals surface area contributed by atoms with Gasteiger partial charge in [-0.2, -0.15) is 0 Å². The van der Waals surface area contributed by atoms with E-state index < -0.39 is 0 Å². The van der Waals surface area contributed by atoms with Gasteiger partial charge in [-0.05, 0) is 79.6 Å². The number of benzene rings is 3. The van der Waals surface area contributed by atoms with Gasteiger partial charge in [-0.25, -0.2) is 0 Å². The number of hydrogen-bond donors (Lipinski definition) is 1. The molecule has 0 saturated heterocycles. The Balaban J connectivity index is 1.75. The number of anilines is 1. The minimum absolute atomic E-state index is 0.177. The summed E-state index contributed by atoms with van der Waals surface area (Å²) in [5, 5.41) is 2.96. The number of ether oxygens (including phenoxy) is 3. The molecule has 1 N–H and O–H groups in total. The predicted molar refractivity (Wildman–Crippen MR) is 114 cm³/mol. The van der Waals surface area contributed by atoms with Crippen LogP contribution >= 0.6 is 0 Å². The van der Waals surface area contributed by atoms with Gasteiger partial charge in [0.05, 0.1) is 14.2 Å². The molecule has 3 aromatic carbocycles. The van der Waals surface area contributed by atoms with Crippen molar-refractivity contribution in [2.24, 2.45) is 0 Å². The van der Waals surface area contributed by atoms with Gasteiger partial charge in [0.1, 0.15) is 23.9 Å². The van der Waals surface area contributed by atoms with Crippen LogP contribution in [0.5, 0.6) is 17.2 Å². The molecule has 0 heterocycles. The molecule has 150 valence electrons. The minimum Gasteiger partial charge on any atom is -0.497 e. The van der Waals surface area contributed by atoms with Gasteiger partial charge < -0.3 is 19.5 Å². The van der Waals surface area contributed by atoms with Crippen LogP contribution in [0.4, 0.5) is 5.69 Å². The molecule has 29 heavy (non-hydrogen) atoms. The Kier molecular flexibility index (Phi) is 6.39. The third-order valence-corrected chi connectivity index (χ3v) is 4.48. The summed E-state index contributed by atoms with van der Waals surface area (Å²) in [4.78, 5) is 12.7. The van der Waals surface area contributed by atoms with Gasteiger partial charge in [0, 0.05) is 16.8 Å². The van der Waals surface area contributed by atoms with Crippen LogP contribution in [0.15, 0.2) is 60.7 Å². The zero-order valence-electron chi connectivity index (χ0n) is 17.1. The van der Waals surface area contributed by atoms with Crippen LogP contribution in [0.3, 0.4) is 0 Å². The topological polar surface area (TPSA) is 56.8 Å². The van der Waals surface area contributed by atoms with E-state index in [4.69, 9.17) is 14.2 Å². The molecule has 5 heteroatoms. The lowest BCUT2D eigenvalue weighted by Crippen LogP contribution is -2.13.